The Hall–Kier alpha value is -2.44. The molecule has 1 aliphatic heterocycles. The molecule has 0 bridgehead atoms. The van der Waals surface area contributed by atoms with E-state index < -0.39 is 0 Å². The van der Waals surface area contributed by atoms with E-state index in [9.17, 15) is 4.39 Å². The molecule has 1 aliphatic rings. The van der Waals surface area contributed by atoms with Gasteiger partial charge in [0.25, 0.3) is 6.01 Å². The maximum Gasteiger partial charge on any atom is 0.298 e. The third-order valence-electron chi connectivity index (χ3n) is 4.14. The predicted octanol–water partition coefficient (Wildman–Crippen LogP) is 2.79. The van der Waals surface area contributed by atoms with Crippen LogP contribution in [0.3, 0.4) is 0 Å². The van der Waals surface area contributed by atoms with E-state index in [4.69, 9.17) is 4.42 Å². The third-order valence-corrected chi connectivity index (χ3v) is 4.14. The molecule has 0 saturated carbocycles. The molecule has 3 heterocycles. The standard InChI is InChI=1S/C15H16FN5O/c16-12-4-1-5-13-14(12)22-15(18-13)20-8-2-3-11(6-9-20)21-10-7-17-19-21/h1,4-5,7,10-11H,2-3,6,8-9H2. The van der Waals surface area contributed by atoms with Gasteiger partial charge in [0, 0.05) is 19.3 Å². The van der Waals surface area contributed by atoms with Crippen LogP contribution in [0, 0.1) is 5.82 Å². The fraction of sp³-hybridized carbons (Fsp3) is 0.400. The summed E-state index contributed by atoms with van der Waals surface area (Å²) in [6.45, 7) is 1.65. The highest BCUT2D eigenvalue weighted by Gasteiger charge is 2.22. The Balaban J connectivity index is 1.56. The molecule has 0 radical (unpaired) electrons. The highest BCUT2D eigenvalue weighted by molar-refractivity contribution is 5.75. The first-order chi connectivity index (χ1) is 10.8. The molecule has 4 rings (SSSR count). The molecule has 6 nitrogen and oxygen atoms in total. The number of oxazole rings is 1. The topological polar surface area (TPSA) is 60.0 Å². The smallest absolute Gasteiger partial charge is 0.298 e. The van der Waals surface area contributed by atoms with Gasteiger partial charge < -0.3 is 9.32 Å². The van der Waals surface area contributed by atoms with Crippen molar-refractivity contribution in [2.45, 2.75) is 25.3 Å². The number of hydrogen-bond acceptors (Lipinski definition) is 5. The molecule has 3 aromatic rings. The van der Waals surface area contributed by atoms with Crippen molar-refractivity contribution < 1.29 is 8.81 Å². The summed E-state index contributed by atoms with van der Waals surface area (Å²) in [7, 11) is 0. The van der Waals surface area contributed by atoms with Gasteiger partial charge in [0.2, 0.25) is 0 Å². The van der Waals surface area contributed by atoms with E-state index in [1.807, 2.05) is 10.9 Å². The highest BCUT2D eigenvalue weighted by Crippen LogP contribution is 2.28. The second kappa shape index (κ2) is 5.40. The number of halogens is 1. The highest BCUT2D eigenvalue weighted by atomic mass is 19.1. The fourth-order valence-electron chi connectivity index (χ4n) is 2.99. The Morgan fingerprint density at radius 3 is 3.00 bits per heavy atom. The molecule has 0 spiro atoms. The van der Waals surface area contributed by atoms with E-state index in [1.54, 1.807) is 18.3 Å². The molecule has 2 aromatic heterocycles. The first-order valence-electron chi connectivity index (χ1n) is 7.47. The molecular weight excluding hydrogens is 285 g/mol. The minimum atomic E-state index is -0.369. The number of hydrogen-bond donors (Lipinski definition) is 0. The van der Waals surface area contributed by atoms with Gasteiger partial charge in [-0.25, -0.2) is 9.07 Å². The van der Waals surface area contributed by atoms with Crippen LogP contribution in [0.15, 0.2) is 35.0 Å². The fourth-order valence-corrected chi connectivity index (χ4v) is 2.99. The molecule has 0 aliphatic carbocycles. The molecule has 1 aromatic carbocycles. The summed E-state index contributed by atoms with van der Waals surface area (Å²) in [6, 6.07) is 5.64. The summed E-state index contributed by atoms with van der Waals surface area (Å²) in [5.74, 6) is -0.369. The quantitative estimate of drug-likeness (QED) is 0.728. The van der Waals surface area contributed by atoms with Gasteiger partial charge in [-0.05, 0) is 31.4 Å². The van der Waals surface area contributed by atoms with Gasteiger partial charge in [-0.3, -0.25) is 0 Å². The van der Waals surface area contributed by atoms with Crippen LogP contribution in [0.4, 0.5) is 10.4 Å². The predicted molar refractivity (Wildman–Crippen MR) is 79.1 cm³/mol. The summed E-state index contributed by atoms with van der Waals surface area (Å²) in [4.78, 5) is 6.49. The van der Waals surface area contributed by atoms with Crippen molar-refractivity contribution in [3.63, 3.8) is 0 Å². The van der Waals surface area contributed by atoms with Crippen molar-refractivity contribution in [3.05, 3.63) is 36.4 Å². The molecule has 1 unspecified atom stereocenters. The zero-order valence-electron chi connectivity index (χ0n) is 12.0. The zero-order valence-corrected chi connectivity index (χ0v) is 12.0. The maximum absolute atomic E-state index is 13.7. The lowest BCUT2D eigenvalue weighted by molar-refractivity contribution is 0.405. The zero-order chi connectivity index (χ0) is 14.9. The minimum absolute atomic E-state index is 0.231. The average Bonchev–Trinajstić information content (AvgIpc) is 3.13. The van der Waals surface area contributed by atoms with E-state index in [2.05, 4.69) is 20.2 Å². The van der Waals surface area contributed by atoms with Gasteiger partial charge in [0.1, 0.15) is 5.52 Å². The molecule has 114 valence electrons. The minimum Gasteiger partial charge on any atom is -0.420 e. The Morgan fingerprint density at radius 1 is 1.23 bits per heavy atom. The van der Waals surface area contributed by atoms with Crippen LogP contribution in [-0.4, -0.2) is 33.1 Å². The van der Waals surface area contributed by atoms with Crippen LogP contribution in [0.1, 0.15) is 25.3 Å². The third kappa shape index (κ3) is 2.32. The normalized spacial score (nSPS) is 19.5. The van der Waals surface area contributed by atoms with Gasteiger partial charge in [-0.2, -0.15) is 4.98 Å². The van der Waals surface area contributed by atoms with Gasteiger partial charge in [0.05, 0.1) is 12.2 Å². The summed E-state index contributed by atoms with van der Waals surface area (Å²) in [5.41, 5.74) is 0.793. The molecule has 7 heteroatoms. The van der Waals surface area contributed by atoms with Gasteiger partial charge >= 0.3 is 0 Å². The van der Waals surface area contributed by atoms with Crippen molar-refractivity contribution >= 4 is 17.1 Å². The Labute approximate surface area is 126 Å². The van der Waals surface area contributed by atoms with Crippen LogP contribution in [0.5, 0.6) is 0 Å². The Morgan fingerprint density at radius 2 is 2.18 bits per heavy atom. The summed E-state index contributed by atoms with van der Waals surface area (Å²) in [6.07, 6.45) is 6.58. The van der Waals surface area contributed by atoms with E-state index in [0.29, 0.717) is 17.6 Å². The van der Waals surface area contributed by atoms with Gasteiger partial charge in [0.15, 0.2) is 11.4 Å². The van der Waals surface area contributed by atoms with Crippen molar-refractivity contribution in [1.29, 1.82) is 0 Å². The first kappa shape index (κ1) is 13.2. The van der Waals surface area contributed by atoms with E-state index >= 15 is 0 Å². The Bertz CT molecular complexity index is 769. The number of fused-ring (bicyclic) bond motifs is 1. The molecular formula is C15H16FN5O. The molecule has 1 atom stereocenters. The number of para-hydroxylation sites is 1. The first-order valence-corrected chi connectivity index (χ1v) is 7.47. The lowest BCUT2D eigenvalue weighted by Crippen LogP contribution is -2.24. The van der Waals surface area contributed by atoms with Crippen LogP contribution < -0.4 is 4.90 Å². The molecule has 0 N–H and O–H groups in total. The summed E-state index contributed by atoms with van der Waals surface area (Å²) >= 11 is 0. The van der Waals surface area contributed by atoms with E-state index in [0.717, 1.165) is 32.4 Å². The van der Waals surface area contributed by atoms with Crippen LogP contribution in [0.2, 0.25) is 0 Å². The van der Waals surface area contributed by atoms with E-state index in [-0.39, 0.29) is 11.4 Å². The molecule has 1 fully saturated rings. The molecule has 1 saturated heterocycles. The summed E-state index contributed by atoms with van der Waals surface area (Å²) < 4.78 is 21.3. The second-order valence-electron chi connectivity index (χ2n) is 5.54. The van der Waals surface area contributed by atoms with Crippen LogP contribution in [-0.2, 0) is 0 Å². The van der Waals surface area contributed by atoms with Crippen LogP contribution >= 0.6 is 0 Å². The Kier molecular flexibility index (Phi) is 3.25. The summed E-state index contributed by atoms with van der Waals surface area (Å²) in [5, 5.41) is 7.96. The number of rotatable bonds is 2. The number of anilines is 1. The number of nitrogens with zero attached hydrogens (tertiary/aromatic N) is 5. The van der Waals surface area contributed by atoms with Gasteiger partial charge in [-0.1, -0.05) is 11.3 Å². The second-order valence-corrected chi connectivity index (χ2v) is 5.54. The molecule has 0 amide bonds. The number of aromatic nitrogens is 4. The van der Waals surface area contributed by atoms with Crippen molar-refractivity contribution in [1.82, 2.24) is 20.0 Å². The van der Waals surface area contributed by atoms with Crippen molar-refractivity contribution in [2.24, 2.45) is 0 Å². The largest absolute Gasteiger partial charge is 0.420 e. The van der Waals surface area contributed by atoms with Crippen molar-refractivity contribution in [3.8, 4) is 0 Å². The maximum atomic E-state index is 13.7. The SMILES string of the molecule is Fc1cccc2nc(N3CCCC(n4ccnn4)CC3)oc12. The monoisotopic (exact) mass is 301 g/mol. The van der Waals surface area contributed by atoms with Gasteiger partial charge in [-0.15, -0.1) is 5.10 Å². The lowest BCUT2D eigenvalue weighted by Gasteiger charge is -2.17. The number of benzene rings is 1. The van der Waals surface area contributed by atoms with E-state index in [1.165, 1.54) is 6.07 Å². The lowest BCUT2D eigenvalue weighted by atomic mass is 10.1. The van der Waals surface area contributed by atoms with Crippen molar-refractivity contribution in [2.75, 3.05) is 18.0 Å². The average molecular weight is 301 g/mol. The van der Waals surface area contributed by atoms with Crippen LogP contribution in [0.25, 0.3) is 11.1 Å². The molecule has 22 heavy (non-hydrogen) atoms.